The van der Waals surface area contributed by atoms with E-state index in [1.54, 1.807) is 18.6 Å². The number of pyridine rings is 2. The van der Waals surface area contributed by atoms with Crippen LogP contribution >= 0.6 is 0 Å². The molecule has 6 nitrogen and oxygen atoms in total. The number of aryl methyl sites for hydroxylation is 1. The van der Waals surface area contributed by atoms with E-state index >= 15 is 0 Å². The van der Waals surface area contributed by atoms with Crippen LogP contribution in [0.5, 0.6) is 0 Å². The van der Waals surface area contributed by atoms with E-state index < -0.39 is 0 Å². The lowest BCUT2D eigenvalue weighted by atomic mass is 10.1. The summed E-state index contributed by atoms with van der Waals surface area (Å²) in [6.07, 6.45) is 6.25. The van der Waals surface area contributed by atoms with E-state index in [2.05, 4.69) is 20.4 Å². The topological polar surface area (TPSA) is 72.7 Å². The summed E-state index contributed by atoms with van der Waals surface area (Å²) in [4.78, 5) is 20.4. The molecular formula is C19H21N5O. The van der Waals surface area contributed by atoms with Crippen LogP contribution in [0, 0.1) is 13.8 Å². The van der Waals surface area contributed by atoms with Crippen molar-refractivity contribution in [3.05, 3.63) is 71.4 Å². The minimum Gasteiger partial charge on any atom is -0.355 e. The van der Waals surface area contributed by atoms with Gasteiger partial charge in [-0.1, -0.05) is 12.1 Å². The van der Waals surface area contributed by atoms with Crippen LogP contribution in [0.3, 0.4) is 0 Å². The predicted octanol–water partition coefficient (Wildman–Crippen LogP) is 2.18. The molecule has 3 aromatic heterocycles. The van der Waals surface area contributed by atoms with Gasteiger partial charge in [0.05, 0.1) is 12.1 Å². The summed E-state index contributed by atoms with van der Waals surface area (Å²) in [5, 5.41) is 7.54. The number of carbonyl (C=O) groups is 1. The molecule has 25 heavy (non-hydrogen) atoms. The molecule has 0 aromatic carbocycles. The first-order chi connectivity index (χ1) is 12.1. The molecule has 3 rings (SSSR count). The summed E-state index contributed by atoms with van der Waals surface area (Å²) in [7, 11) is 0. The Bertz CT molecular complexity index is 843. The van der Waals surface area contributed by atoms with Crippen molar-refractivity contribution in [3.63, 3.8) is 0 Å². The van der Waals surface area contributed by atoms with Crippen molar-refractivity contribution in [2.75, 3.05) is 6.54 Å². The Balaban J connectivity index is 1.60. The molecule has 0 aliphatic rings. The quantitative estimate of drug-likeness (QED) is 0.749. The molecule has 0 aliphatic heterocycles. The molecule has 0 unspecified atom stereocenters. The van der Waals surface area contributed by atoms with E-state index in [4.69, 9.17) is 0 Å². The van der Waals surface area contributed by atoms with Crippen LogP contribution in [0.25, 0.3) is 5.82 Å². The first-order valence-electron chi connectivity index (χ1n) is 8.27. The highest BCUT2D eigenvalue weighted by Crippen LogP contribution is 2.16. The summed E-state index contributed by atoms with van der Waals surface area (Å²) in [6.45, 7) is 4.59. The fourth-order valence-corrected chi connectivity index (χ4v) is 2.82. The molecule has 0 atom stereocenters. The molecule has 0 fully saturated rings. The van der Waals surface area contributed by atoms with E-state index in [-0.39, 0.29) is 5.91 Å². The second kappa shape index (κ2) is 7.70. The van der Waals surface area contributed by atoms with Gasteiger partial charge in [-0.25, -0.2) is 9.67 Å². The summed E-state index contributed by atoms with van der Waals surface area (Å²) < 4.78 is 1.85. The maximum absolute atomic E-state index is 12.0. The van der Waals surface area contributed by atoms with Gasteiger partial charge in [-0.15, -0.1) is 0 Å². The normalized spacial score (nSPS) is 10.6. The fraction of sp³-hybridized carbons (Fsp3) is 0.263. The van der Waals surface area contributed by atoms with Gasteiger partial charge in [0.1, 0.15) is 0 Å². The lowest BCUT2D eigenvalue weighted by Crippen LogP contribution is -2.27. The zero-order chi connectivity index (χ0) is 17.6. The van der Waals surface area contributed by atoms with Gasteiger partial charge in [0.25, 0.3) is 0 Å². The smallest absolute Gasteiger partial charge is 0.224 e. The van der Waals surface area contributed by atoms with E-state index in [1.165, 1.54) is 0 Å². The Kier molecular flexibility index (Phi) is 5.18. The van der Waals surface area contributed by atoms with Crippen molar-refractivity contribution in [3.8, 4) is 5.82 Å². The maximum Gasteiger partial charge on any atom is 0.224 e. The molecule has 0 saturated carbocycles. The Morgan fingerprint density at radius 2 is 2.04 bits per heavy atom. The summed E-state index contributed by atoms with van der Waals surface area (Å²) in [5.41, 5.74) is 4.07. The van der Waals surface area contributed by atoms with Crippen LogP contribution in [-0.2, 0) is 17.6 Å². The molecule has 0 bridgehead atoms. The van der Waals surface area contributed by atoms with Crippen molar-refractivity contribution in [1.82, 2.24) is 25.1 Å². The Morgan fingerprint density at radius 3 is 2.76 bits per heavy atom. The highest BCUT2D eigenvalue weighted by molar-refractivity contribution is 5.78. The van der Waals surface area contributed by atoms with Crippen LogP contribution < -0.4 is 5.32 Å². The molecule has 1 amide bonds. The van der Waals surface area contributed by atoms with Gasteiger partial charge in [-0.2, -0.15) is 5.10 Å². The van der Waals surface area contributed by atoms with Crippen LogP contribution in [0.15, 0.2) is 48.9 Å². The van der Waals surface area contributed by atoms with Crippen LogP contribution in [-0.4, -0.2) is 32.2 Å². The largest absolute Gasteiger partial charge is 0.355 e. The number of nitrogens with zero attached hydrogens (tertiary/aromatic N) is 4. The van der Waals surface area contributed by atoms with Crippen LogP contribution in [0.1, 0.15) is 22.5 Å². The number of hydrogen-bond acceptors (Lipinski definition) is 4. The third-order valence-corrected chi connectivity index (χ3v) is 4.09. The summed E-state index contributed by atoms with van der Waals surface area (Å²) in [6, 6.07) is 9.49. The number of amides is 1. The monoisotopic (exact) mass is 335 g/mol. The summed E-state index contributed by atoms with van der Waals surface area (Å²) >= 11 is 0. The molecule has 3 aromatic rings. The summed E-state index contributed by atoms with van der Waals surface area (Å²) in [5.74, 6) is 0.801. The highest BCUT2D eigenvalue weighted by atomic mass is 16.1. The second-order valence-corrected chi connectivity index (χ2v) is 5.89. The number of hydrogen-bond donors (Lipinski definition) is 1. The molecule has 1 N–H and O–H groups in total. The third kappa shape index (κ3) is 4.09. The lowest BCUT2D eigenvalue weighted by Gasteiger charge is -2.06. The molecule has 128 valence electrons. The number of nitrogens with one attached hydrogen (secondary N) is 1. The van der Waals surface area contributed by atoms with Crippen LogP contribution in [0.2, 0.25) is 0 Å². The molecule has 0 aliphatic carbocycles. The first kappa shape index (κ1) is 16.8. The van der Waals surface area contributed by atoms with Crippen molar-refractivity contribution < 1.29 is 4.79 Å². The van der Waals surface area contributed by atoms with Gasteiger partial charge >= 0.3 is 0 Å². The zero-order valence-electron chi connectivity index (χ0n) is 14.4. The van der Waals surface area contributed by atoms with Gasteiger partial charge in [-0.05, 0) is 49.6 Å². The standard InChI is InChI=1S/C19H21N5O/c1-14-17(15(2)24(23-14)18-7-3-4-10-21-18)8-11-22-19(25)12-16-6-5-9-20-13-16/h3-7,9-10,13H,8,11-12H2,1-2H3,(H,22,25). The van der Waals surface area contributed by atoms with Gasteiger partial charge in [0, 0.05) is 30.8 Å². The number of carbonyl (C=O) groups excluding carboxylic acids is 1. The van der Waals surface area contributed by atoms with Gasteiger partial charge in [0.2, 0.25) is 5.91 Å². The Hall–Kier alpha value is -3.02. The minimum atomic E-state index is 0.000393. The molecular weight excluding hydrogens is 314 g/mol. The van der Waals surface area contributed by atoms with E-state index in [9.17, 15) is 4.79 Å². The first-order valence-corrected chi connectivity index (χ1v) is 8.27. The molecule has 6 heteroatoms. The maximum atomic E-state index is 12.0. The molecule has 0 saturated heterocycles. The molecule has 0 radical (unpaired) electrons. The second-order valence-electron chi connectivity index (χ2n) is 5.89. The van der Waals surface area contributed by atoms with Gasteiger partial charge in [-0.3, -0.25) is 9.78 Å². The van der Waals surface area contributed by atoms with Crippen LogP contribution in [0.4, 0.5) is 0 Å². The van der Waals surface area contributed by atoms with Gasteiger partial charge < -0.3 is 5.32 Å². The average molecular weight is 335 g/mol. The fourth-order valence-electron chi connectivity index (χ4n) is 2.82. The minimum absolute atomic E-state index is 0.000393. The Labute approximate surface area is 146 Å². The van der Waals surface area contributed by atoms with E-state index in [0.717, 1.165) is 34.8 Å². The lowest BCUT2D eigenvalue weighted by molar-refractivity contribution is -0.120. The molecule has 3 heterocycles. The molecule has 0 spiro atoms. The van der Waals surface area contributed by atoms with Crippen molar-refractivity contribution in [2.45, 2.75) is 26.7 Å². The van der Waals surface area contributed by atoms with Gasteiger partial charge in [0.15, 0.2) is 5.82 Å². The SMILES string of the molecule is Cc1nn(-c2ccccn2)c(C)c1CCNC(=O)Cc1cccnc1. The highest BCUT2D eigenvalue weighted by Gasteiger charge is 2.13. The van der Waals surface area contributed by atoms with Crippen molar-refractivity contribution in [2.24, 2.45) is 0 Å². The number of aromatic nitrogens is 4. The zero-order valence-corrected chi connectivity index (χ0v) is 14.4. The van der Waals surface area contributed by atoms with E-state index in [1.807, 2.05) is 48.9 Å². The number of rotatable bonds is 6. The van der Waals surface area contributed by atoms with Crippen molar-refractivity contribution >= 4 is 5.91 Å². The van der Waals surface area contributed by atoms with Crippen molar-refractivity contribution in [1.29, 1.82) is 0 Å². The Morgan fingerprint density at radius 1 is 1.16 bits per heavy atom. The third-order valence-electron chi connectivity index (χ3n) is 4.09. The average Bonchev–Trinajstić information content (AvgIpc) is 2.91. The predicted molar refractivity (Wildman–Crippen MR) is 95.5 cm³/mol. The van der Waals surface area contributed by atoms with E-state index in [0.29, 0.717) is 13.0 Å².